The van der Waals surface area contributed by atoms with E-state index in [1.165, 1.54) is 4.88 Å². The normalized spacial score (nSPS) is 10.8. The standard InChI is InChI=1S/C16H18BrClN2O2S/c1-20(10-14-6-7-15(17)23-14)11-16(21)19-8-9-22-13-4-2-12(18)3-5-13/h2-7H,8-11H2,1H3,(H,19,21). The second-order valence-electron chi connectivity index (χ2n) is 5.03. The van der Waals surface area contributed by atoms with Crippen molar-refractivity contribution in [2.45, 2.75) is 6.54 Å². The van der Waals surface area contributed by atoms with Gasteiger partial charge in [0.25, 0.3) is 0 Å². The zero-order chi connectivity index (χ0) is 16.7. The van der Waals surface area contributed by atoms with Crippen LogP contribution in [-0.4, -0.2) is 37.6 Å². The number of hydrogen-bond donors (Lipinski definition) is 1. The first-order valence-electron chi connectivity index (χ1n) is 7.11. The van der Waals surface area contributed by atoms with Gasteiger partial charge in [-0.05, 0) is 59.4 Å². The summed E-state index contributed by atoms with van der Waals surface area (Å²) in [5, 5.41) is 3.52. The van der Waals surface area contributed by atoms with Gasteiger partial charge in [-0.1, -0.05) is 11.6 Å². The fourth-order valence-corrected chi connectivity index (χ4v) is 3.64. The average molecular weight is 418 g/mol. The molecule has 0 aliphatic carbocycles. The minimum Gasteiger partial charge on any atom is -0.492 e. The monoisotopic (exact) mass is 416 g/mol. The molecule has 1 aromatic carbocycles. The number of nitrogens with one attached hydrogen (secondary N) is 1. The van der Waals surface area contributed by atoms with Gasteiger partial charge in [-0.25, -0.2) is 0 Å². The number of thiophene rings is 1. The van der Waals surface area contributed by atoms with E-state index in [-0.39, 0.29) is 5.91 Å². The van der Waals surface area contributed by atoms with E-state index < -0.39 is 0 Å². The fraction of sp³-hybridized carbons (Fsp3) is 0.312. The van der Waals surface area contributed by atoms with Crippen LogP contribution in [0.15, 0.2) is 40.2 Å². The fourth-order valence-electron chi connectivity index (χ4n) is 1.95. The summed E-state index contributed by atoms with van der Waals surface area (Å²) in [5.41, 5.74) is 0. The molecule has 7 heteroatoms. The number of carbonyl (C=O) groups excluding carboxylic acids is 1. The van der Waals surface area contributed by atoms with Gasteiger partial charge in [0, 0.05) is 16.4 Å². The molecule has 0 saturated heterocycles. The van der Waals surface area contributed by atoms with Gasteiger partial charge in [0.1, 0.15) is 12.4 Å². The Balaban J connectivity index is 1.61. The maximum Gasteiger partial charge on any atom is 0.234 e. The predicted octanol–water partition coefficient (Wildman–Crippen LogP) is 3.79. The SMILES string of the molecule is CN(CC(=O)NCCOc1ccc(Cl)cc1)Cc1ccc(Br)s1. The summed E-state index contributed by atoms with van der Waals surface area (Å²) in [4.78, 5) is 15.1. The second kappa shape index (κ2) is 9.27. The number of ether oxygens (including phenoxy) is 1. The van der Waals surface area contributed by atoms with E-state index in [4.69, 9.17) is 16.3 Å². The second-order valence-corrected chi connectivity index (χ2v) is 8.01. The Morgan fingerprint density at radius 2 is 2.04 bits per heavy atom. The lowest BCUT2D eigenvalue weighted by molar-refractivity contribution is -0.122. The van der Waals surface area contributed by atoms with E-state index in [0.717, 1.165) is 16.1 Å². The molecule has 2 rings (SSSR count). The van der Waals surface area contributed by atoms with Crippen LogP contribution >= 0.6 is 38.9 Å². The van der Waals surface area contributed by atoms with Crippen molar-refractivity contribution in [2.75, 3.05) is 26.7 Å². The van der Waals surface area contributed by atoms with Gasteiger partial charge in [-0.15, -0.1) is 11.3 Å². The Kier molecular flexibility index (Phi) is 7.36. The molecule has 0 aliphatic rings. The maximum atomic E-state index is 11.9. The Morgan fingerprint density at radius 1 is 1.30 bits per heavy atom. The lowest BCUT2D eigenvalue weighted by atomic mass is 10.3. The van der Waals surface area contributed by atoms with Crippen LogP contribution in [0.5, 0.6) is 5.75 Å². The molecule has 1 N–H and O–H groups in total. The molecule has 0 atom stereocenters. The lowest BCUT2D eigenvalue weighted by Gasteiger charge is -2.15. The van der Waals surface area contributed by atoms with Gasteiger partial charge in [0.2, 0.25) is 5.91 Å². The van der Waals surface area contributed by atoms with Crippen molar-refractivity contribution in [1.29, 1.82) is 0 Å². The highest BCUT2D eigenvalue weighted by molar-refractivity contribution is 9.11. The molecule has 0 radical (unpaired) electrons. The minimum atomic E-state index is -0.0113. The number of carbonyl (C=O) groups is 1. The molecule has 1 aromatic heterocycles. The molecular weight excluding hydrogens is 400 g/mol. The summed E-state index contributed by atoms with van der Waals surface area (Å²) in [6.07, 6.45) is 0. The highest BCUT2D eigenvalue weighted by Crippen LogP contribution is 2.22. The third kappa shape index (κ3) is 6.91. The summed E-state index contributed by atoms with van der Waals surface area (Å²) in [5.74, 6) is 0.729. The van der Waals surface area contributed by atoms with Crippen LogP contribution < -0.4 is 10.1 Å². The molecule has 1 amide bonds. The first-order chi connectivity index (χ1) is 11.0. The molecule has 0 saturated carbocycles. The maximum absolute atomic E-state index is 11.9. The molecule has 0 bridgehead atoms. The number of rotatable bonds is 8. The van der Waals surface area contributed by atoms with Crippen LogP contribution in [0.1, 0.15) is 4.88 Å². The molecule has 0 fully saturated rings. The van der Waals surface area contributed by atoms with Crippen LogP contribution in [0.25, 0.3) is 0 Å². The zero-order valence-electron chi connectivity index (χ0n) is 12.7. The van der Waals surface area contributed by atoms with Crippen molar-refractivity contribution in [3.63, 3.8) is 0 Å². The molecule has 1 heterocycles. The Bertz CT molecular complexity index is 633. The Labute approximate surface area is 153 Å². The van der Waals surface area contributed by atoms with Crippen molar-refractivity contribution >= 4 is 44.8 Å². The lowest BCUT2D eigenvalue weighted by Crippen LogP contribution is -2.36. The van der Waals surface area contributed by atoms with E-state index >= 15 is 0 Å². The van der Waals surface area contributed by atoms with Crippen LogP contribution in [0.4, 0.5) is 0 Å². The summed E-state index contributed by atoms with van der Waals surface area (Å²) in [7, 11) is 1.93. The molecular formula is C16H18BrClN2O2S. The molecule has 2 aromatic rings. The van der Waals surface area contributed by atoms with E-state index in [9.17, 15) is 4.79 Å². The summed E-state index contributed by atoms with van der Waals surface area (Å²) >= 11 is 10.9. The van der Waals surface area contributed by atoms with Crippen LogP contribution in [0.2, 0.25) is 5.02 Å². The van der Waals surface area contributed by atoms with Crippen molar-refractivity contribution in [3.8, 4) is 5.75 Å². The number of amides is 1. The molecule has 0 aliphatic heterocycles. The van der Waals surface area contributed by atoms with Gasteiger partial charge < -0.3 is 10.1 Å². The third-order valence-corrected chi connectivity index (χ3v) is 4.84. The molecule has 4 nitrogen and oxygen atoms in total. The van der Waals surface area contributed by atoms with Crippen molar-refractivity contribution < 1.29 is 9.53 Å². The van der Waals surface area contributed by atoms with Gasteiger partial charge in [-0.3, -0.25) is 9.69 Å². The van der Waals surface area contributed by atoms with Gasteiger partial charge in [-0.2, -0.15) is 0 Å². The van der Waals surface area contributed by atoms with Crippen LogP contribution in [-0.2, 0) is 11.3 Å². The summed E-state index contributed by atoms with van der Waals surface area (Å²) in [6, 6.07) is 11.2. The van der Waals surface area contributed by atoms with Crippen molar-refractivity contribution in [2.24, 2.45) is 0 Å². The molecule has 124 valence electrons. The van der Waals surface area contributed by atoms with Gasteiger partial charge in [0.05, 0.1) is 16.9 Å². The van der Waals surface area contributed by atoms with Crippen LogP contribution in [0.3, 0.4) is 0 Å². The number of nitrogens with zero attached hydrogens (tertiary/aromatic N) is 1. The van der Waals surface area contributed by atoms with E-state index in [1.54, 1.807) is 35.6 Å². The van der Waals surface area contributed by atoms with Gasteiger partial charge in [0.15, 0.2) is 0 Å². The highest BCUT2D eigenvalue weighted by atomic mass is 79.9. The number of likely N-dealkylation sites (N-methyl/N-ethyl adjacent to an activating group) is 1. The molecule has 0 unspecified atom stereocenters. The number of halogens is 2. The van der Waals surface area contributed by atoms with Gasteiger partial charge >= 0.3 is 0 Å². The predicted molar refractivity (Wildman–Crippen MR) is 98.3 cm³/mol. The average Bonchev–Trinajstić information content (AvgIpc) is 2.90. The summed E-state index contributed by atoms with van der Waals surface area (Å²) in [6.45, 7) is 2.01. The van der Waals surface area contributed by atoms with E-state index in [1.807, 2.05) is 18.0 Å². The largest absolute Gasteiger partial charge is 0.492 e. The van der Waals surface area contributed by atoms with E-state index in [0.29, 0.717) is 24.7 Å². The third-order valence-electron chi connectivity index (χ3n) is 2.97. The molecule has 23 heavy (non-hydrogen) atoms. The van der Waals surface area contributed by atoms with E-state index in [2.05, 4.69) is 27.3 Å². The smallest absolute Gasteiger partial charge is 0.234 e. The molecule has 0 spiro atoms. The number of hydrogen-bond acceptors (Lipinski definition) is 4. The van der Waals surface area contributed by atoms with Crippen molar-refractivity contribution in [3.05, 3.63) is 50.1 Å². The van der Waals surface area contributed by atoms with Crippen LogP contribution in [0, 0.1) is 0 Å². The van der Waals surface area contributed by atoms with Crippen molar-refractivity contribution in [1.82, 2.24) is 10.2 Å². The Morgan fingerprint density at radius 3 is 2.70 bits per heavy atom. The highest BCUT2D eigenvalue weighted by Gasteiger charge is 2.08. The first-order valence-corrected chi connectivity index (χ1v) is 9.09. The Hall–Kier alpha value is -1.08. The quantitative estimate of drug-likeness (QED) is 0.664. The first kappa shape index (κ1) is 18.3. The number of benzene rings is 1. The topological polar surface area (TPSA) is 41.6 Å². The minimum absolute atomic E-state index is 0.0113. The zero-order valence-corrected chi connectivity index (χ0v) is 15.9. The summed E-state index contributed by atoms with van der Waals surface area (Å²) < 4.78 is 6.63.